The molecule has 1 aliphatic rings. The summed E-state index contributed by atoms with van der Waals surface area (Å²) in [6.07, 6.45) is 1.85. The van der Waals surface area contributed by atoms with Gasteiger partial charge in [-0.25, -0.2) is 9.18 Å². The molecule has 1 aromatic carbocycles. The Hall–Kier alpha value is -3.04. The van der Waals surface area contributed by atoms with Crippen LogP contribution in [0.4, 0.5) is 14.9 Å². The number of aromatic nitrogens is 4. The Morgan fingerprint density at radius 1 is 1.38 bits per heavy atom. The first kappa shape index (κ1) is 15.8. The number of anilines is 1. The number of carbonyl (C=O) groups is 2. The second-order valence-corrected chi connectivity index (χ2v) is 5.45. The van der Waals surface area contributed by atoms with Gasteiger partial charge in [-0.1, -0.05) is 0 Å². The number of carbonyl (C=O) groups excluding carboxylic acids is 2. The molecule has 24 heavy (non-hydrogen) atoms. The van der Waals surface area contributed by atoms with Gasteiger partial charge in [0.1, 0.15) is 5.82 Å². The number of benzene rings is 1. The molecule has 0 aliphatic heterocycles. The fourth-order valence-corrected chi connectivity index (χ4v) is 2.05. The summed E-state index contributed by atoms with van der Waals surface area (Å²) in [5, 5.41) is 18.6. The van der Waals surface area contributed by atoms with Crippen molar-refractivity contribution >= 4 is 17.6 Å². The van der Waals surface area contributed by atoms with Gasteiger partial charge in [0, 0.05) is 6.04 Å². The minimum absolute atomic E-state index is 0.111. The van der Waals surface area contributed by atoms with Gasteiger partial charge in [0.15, 0.2) is 5.82 Å². The molecule has 0 saturated heterocycles. The van der Waals surface area contributed by atoms with Crippen LogP contribution in [0.15, 0.2) is 18.2 Å². The van der Waals surface area contributed by atoms with E-state index >= 15 is 0 Å². The molecule has 9 nitrogen and oxygen atoms in total. The summed E-state index contributed by atoms with van der Waals surface area (Å²) in [5.41, 5.74) is 0.661. The Balaban J connectivity index is 1.61. The van der Waals surface area contributed by atoms with Crippen molar-refractivity contribution in [2.45, 2.75) is 25.8 Å². The molecule has 126 valence electrons. The average Bonchev–Trinajstić information content (AvgIpc) is 3.24. The highest BCUT2D eigenvalue weighted by atomic mass is 19.1. The van der Waals surface area contributed by atoms with Crippen LogP contribution in [0.3, 0.4) is 0 Å². The Bertz CT molecular complexity index is 772. The lowest BCUT2D eigenvalue weighted by molar-refractivity contribution is -0.118. The lowest BCUT2D eigenvalue weighted by atomic mass is 10.2. The van der Waals surface area contributed by atoms with Gasteiger partial charge in [0.25, 0.3) is 0 Å². The molecule has 1 fully saturated rings. The molecule has 3 rings (SSSR count). The number of amides is 3. The Morgan fingerprint density at radius 2 is 2.17 bits per heavy atom. The molecular weight excluding hydrogens is 317 g/mol. The molecule has 10 heteroatoms. The van der Waals surface area contributed by atoms with Crippen LogP contribution in [-0.4, -0.2) is 44.7 Å². The van der Waals surface area contributed by atoms with Crippen LogP contribution in [-0.2, 0) is 4.79 Å². The van der Waals surface area contributed by atoms with Crippen LogP contribution >= 0.6 is 0 Å². The Morgan fingerprint density at radius 3 is 2.83 bits per heavy atom. The van der Waals surface area contributed by atoms with Gasteiger partial charge in [-0.15, -0.1) is 5.10 Å². The molecule has 2 aromatic rings. The van der Waals surface area contributed by atoms with E-state index in [0.717, 1.165) is 12.8 Å². The van der Waals surface area contributed by atoms with Crippen LogP contribution in [0.1, 0.15) is 18.7 Å². The van der Waals surface area contributed by atoms with Gasteiger partial charge in [0.2, 0.25) is 5.91 Å². The van der Waals surface area contributed by atoms with Crippen LogP contribution in [0.25, 0.3) is 5.69 Å². The number of nitrogens with one attached hydrogen (secondary N) is 3. The number of aryl methyl sites for hydroxylation is 1. The van der Waals surface area contributed by atoms with E-state index in [1.165, 1.54) is 22.9 Å². The third kappa shape index (κ3) is 3.83. The van der Waals surface area contributed by atoms with Crippen molar-refractivity contribution in [1.29, 1.82) is 0 Å². The van der Waals surface area contributed by atoms with Crippen LogP contribution in [0.2, 0.25) is 0 Å². The highest BCUT2D eigenvalue weighted by Crippen LogP contribution is 2.19. The zero-order valence-electron chi connectivity index (χ0n) is 12.9. The molecule has 0 radical (unpaired) electrons. The summed E-state index contributed by atoms with van der Waals surface area (Å²) in [5.74, 6) is -0.543. The maximum absolute atomic E-state index is 13.9. The number of rotatable bonds is 5. The molecule has 1 heterocycles. The van der Waals surface area contributed by atoms with Gasteiger partial charge in [-0.05, 0) is 48.4 Å². The summed E-state index contributed by atoms with van der Waals surface area (Å²) in [6.45, 7) is 1.47. The molecule has 0 unspecified atom stereocenters. The van der Waals surface area contributed by atoms with E-state index in [0.29, 0.717) is 11.5 Å². The van der Waals surface area contributed by atoms with Crippen LogP contribution < -0.4 is 16.0 Å². The topological polar surface area (TPSA) is 114 Å². The summed E-state index contributed by atoms with van der Waals surface area (Å²) in [6, 6.07) is 3.86. The van der Waals surface area contributed by atoms with Gasteiger partial charge >= 0.3 is 6.03 Å². The maximum Gasteiger partial charge on any atom is 0.321 e. The van der Waals surface area contributed by atoms with Crippen molar-refractivity contribution in [3.05, 3.63) is 29.8 Å². The lowest BCUT2D eigenvalue weighted by Gasteiger charge is -2.10. The minimum Gasteiger partial charge on any atom is -0.374 e. The minimum atomic E-state index is -0.559. The van der Waals surface area contributed by atoms with Crippen molar-refractivity contribution in [2.75, 3.05) is 11.9 Å². The predicted molar refractivity (Wildman–Crippen MR) is 82.0 cm³/mol. The smallest absolute Gasteiger partial charge is 0.321 e. The molecular formula is C14H16FN7O2. The van der Waals surface area contributed by atoms with Gasteiger partial charge in [0.05, 0.1) is 17.9 Å². The second kappa shape index (κ2) is 6.60. The summed E-state index contributed by atoms with van der Waals surface area (Å²) in [7, 11) is 0. The highest BCUT2D eigenvalue weighted by molar-refractivity contribution is 5.96. The van der Waals surface area contributed by atoms with Crippen molar-refractivity contribution in [3.63, 3.8) is 0 Å². The standard InChI is InChI=1S/C14H16FN7O2/c1-8-19-20-21-22(8)10-4-5-11(15)12(6-10)16-7-13(23)18-14(24)17-9-2-3-9/h4-6,9,16H,2-3,7H2,1H3,(H2,17,18,23,24). The SMILES string of the molecule is Cc1nnnn1-c1ccc(F)c(NCC(=O)NC(=O)NC2CC2)c1. The van der Waals surface area contributed by atoms with Crippen LogP contribution in [0.5, 0.6) is 0 Å². The summed E-state index contributed by atoms with van der Waals surface area (Å²) < 4.78 is 15.3. The van der Waals surface area contributed by atoms with E-state index < -0.39 is 17.8 Å². The van der Waals surface area contributed by atoms with E-state index in [4.69, 9.17) is 0 Å². The number of hydrogen-bond acceptors (Lipinski definition) is 6. The van der Waals surface area contributed by atoms with Crippen molar-refractivity contribution in [3.8, 4) is 5.69 Å². The number of urea groups is 1. The van der Waals surface area contributed by atoms with Crippen molar-refractivity contribution in [1.82, 2.24) is 30.8 Å². The van der Waals surface area contributed by atoms with Gasteiger partial charge in [-0.2, -0.15) is 4.68 Å². The third-order valence-corrected chi connectivity index (χ3v) is 3.42. The second-order valence-electron chi connectivity index (χ2n) is 5.45. The number of imide groups is 1. The zero-order valence-corrected chi connectivity index (χ0v) is 12.9. The van der Waals surface area contributed by atoms with E-state index in [1.807, 2.05) is 0 Å². The summed E-state index contributed by atoms with van der Waals surface area (Å²) in [4.78, 5) is 23.2. The average molecular weight is 333 g/mol. The highest BCUT2D eigenvalue weighted by Gasteiger charge is 2.23. The fourth-order valence-electron chi connectivity index (χ4n) is 2.05. The van der Waals surface area contributed by atoms with E-state index in [2.05, 4.69) is 31.5 Å². The molecule has 0 atom stereocenters. The Kier molecular flexibility index (Phi) is 4.36. The largest absolute Gasteiger partial charge is 0.374 e. The zero-order chi connectivity index (χ0) is 17.1. The molecule has 1 aliphatic carbocycles. The van der Waals surface area contributed by atoms with E-state index in [9.17, 15) is 14.0 Å². The molecule has 3 N–H and O–H groups in total. The van der Waals surface area contributed by atoms with Gasteiger partial charge < -0.3 is 10.6 Å². The molecule has 3 amide bonds. The number of halogens is 1. The van der Waals surface area contributed by atoms with Crippen molar-refractivity contribution < 1.29 is 14.0 Å². The first-order valence-corrected chi connectivity index (χ1v) is 7.42. The third-order valence-electron chi connectivity index (χ3n) is 3.42. The number of hydrogen-bond donors (Lipinski definition) is 3. The first-order chi connectivity index (χ1) is 11.5. The molecule has 0 spiro atoms. The quantitative estimate of drug-likeness (QED) is 0.735. The van der Waals surface area contributed by atoms with Gasteiger partial charge in [-0.3, -0.25) is 10.1 Å². The number of tetrazole rings is 1. The van der Waals surface area contributed by atoms with E-state index in [1.54, 1.807) is 6.92 Å². The lowest BCUT2D eigenvalue weighted by Crippen LogP contribution is -2.42. The molecule has 1 aromatic heterocycles. The maximum atomic E-state index is 13.9. The fraction of sp³-hybridized carbons (Fsp3) is 0.357. The summed E-state index contributed by atoms with van der Waals surface area (Å²) >= 11 is 0. The normalized spacial score (nSPS) is 13.4. The Labute approximate surface area is 136 Å². The number of nitrogens with zero attached hydrogens (tertiary/aromatic N) is 4. The monoisotopic (exact) mass is 333 g/mol. The first-order valence-electron chi connectivity index (χ1n) is 7.42. The van der Waals surface area contributed by atoms with Crippen LogP contribution in [0, 0.1) is 12.7 Å². The molecule has 1 saturated carbocycles. The molecule has 0 bridgehead atoms. The van der Waals surface area contributed by atoms with E-state index in [-0.39, 0.29) is 18.3 Å². The predicted octanol–water partition coefficient (Wildman–Crippen LogP) is 0.510. The van der Waals surface area contributed by atoms with Crippen molar-refractivity contribution in [2.24, 2.45) is 0 Å².